The van der Waals surface area contributed by atoms with Crippen LogP contribution in [0.4, 0.5) is 10.5 Å². The normalized spacial score (nSPS) is 11.3. The van der Waals surface area contributed by atoms with Crippen molar-refractivity contribution in [3.05, 3.63) is 29.8 Å². The van der Waals surface area contributed by atoms with E-state index in [4.69, 9.17) is 16.3 Å². The van der Waals surface area contributed by atoms with Crippen LogP contribution in [0.1, 0.15) is 40.6 Å². The number of benzene rings is 1. The number of hydrogen-bond donors (Lipinski definition) is 3. The smallest absolute Gasteiger partial charge is 1.00 e. The average molecular weight is 370 g/mol. The molecule has 0 spiro atoms. The number of carbonyl (C=O) groups is 3. The van der Waals surface area contributed by atoms with Crippen molar-refractivity contribution in [3.63, 3.8) is 0 Å². The summed E-state index contributed by atoms with van der Waals surface area (Å²) < 4.78 is 5.11. The number of carbonyl (C=O) groups excluding carboxylic acids is 2. The zero-order valence-electron chi connectivity index (χ0n) is 16.5. The molecule has 0 saturated carbocycles. The van der Waals surface area contributed by atoms with Gasteiger partial charge in [0.2, 0.25) is 5.91 Å². The summed E-state index contributed by atoms with van der Waals surface area (Å²) in [6, 6.07) is 5.51. The second-order valence-corrected chi connectivity index (χ2v) is 6.34. The van der Waals surface area contributed by atoms with Gasteiger partial charge in [0.05, 0.1) is 0 Å². The van der Waals surface area contributed by atoms with Gasteiger partial charge in [0, 0.05) is 17.7 Å². The zero-order valence-corrected chi connectivity index (χ0v) is 17.5. The number of carboxylic acids is 1. The first-order valence-corrected chi connectivity index (χ1v) is 7.69. The van der Waals surface area contributed by atoms with Crippen molar-refractivity contribution in [2.45, 2.75) is 45.3 Å². The first-order chi connectivity index (χ1) is 11.6. The molecular weight excluding hydrogens is 347 g/mol. The monoisotopic (exact) mass is 370 g/mol. The van der Waals surface area contributed by atoms with Crippen molar-refractivity contribution in [3.8, 4) is 12.3 Å². The number of alkyl carbamates (subject to hydrolysis) is 1. The van der Waals surface area contributed by atoms with E-state index >= 15 is 0 Å². The van der Waals surface area contributed by atoms with Crippen LogP contribution in [-0.2, 0) is 14.3 Å². The Morgan fingerprint density at radius 1 is 1.27 bits per heavy atom. The van der Waals surface area contributed by atoms with Gasteiger partial charge >= 0.3 is 41.6 Å². The average Bonchev–Trinajstić information content (AvgIpc) is 2.50. The fraction of sp³-hybridized carbons (Fsp3) is 0.389. The van der Waals surface area contributed by atoms with Crippen molar-refractivity contribution in [2.24, 2.45) is 0 Å². The Morgan fingerprint density at radius 3 is 2.31 bits per heavy atom. The molecule has 0 aliphatic rings. The molecule has 136 valence electrons. The summed E-state index contributed by atoms with van der Waals surface area (Å²) in [6.45, 7) is 5.06. The van der Waals surface area contributed by atoms with Crippen LogP contribution >= 0.6 is 0 Å². The first kappa shape index (κ1) is 24.0. The number of carboxylic acid groups (broad SMARTS) is 1. The number of anilines is 1. The Kier molecular flexibility index (Phi) is 10.0. The first-order valence-electron chi connectivity index (χ1n) is 7.69. The molecule has 0 heterocycles. The molecule has 1 aromatic carbocycles. The molecule has 0 radical (unpaired) electrons. The van der Waals surface area contributed by atoms with Gasteiger partial charge in [0.25, 0.3) is 0 Å². The van der Waals surface area contributed by atoms with Crippen LogP contribution in [0, 0.1) is 12.3 Å². The van der Waals surface area contributed by atoms with Gasteiger partial charge in [-0.15, -0.1) is 6.42 Å². The summed E-state index contributed by atoms with van der Waals surface area (Å²) in [6.07, 6.45) is 4.14. The van der Waals surface area contributed by atoms with E-state index in [1.54, 1.807) is 45.0 Å². The molecule has 0 bridgehead atoms. The fourth-order valence-electron chi connectivity index (χ4n) is 1.87. The molecule has 1 unspecified atom stereocenters. The van der Waals surface area contributed by atoms with Gasteiger partial charge in [-0.1, -0.05) is 5.92 Å². The van der Waals surface area contributed by atoms with E-state index in [0.717, 1.165) is 0 Å². The third-order valence-electron chi connectivity index (χ3n) is 2.97. The van der Waals surface area contributed by atoms with Gasteiger partial charge in [0.1, 0.15) is 11.6 Å². The molecule has 3 N–H and O–H groups in total. The number of nitrogens with one attached hydrogen (secondary N) is 2. The van der Waals surface area contributed by atoms with E-state index in [1.807, 2.05) is 0 Å². The Bertz CT molecular complexity index is 680. The molecule has 0 aromatic heterocycles. The minimum Gasteiger partial charge on any atom is -1.00 e. The van der Waals surface area contributed by atoms with Crippen molar-refractivity contribution in [1.29, 1.82) is 0 Å². The van der Waals surface area contributed by atoms with Crippen LogP contribution in [0.3, 0.4) is 0 Å². The van der Waals surface area contributed by atoms with E-state index in [9.17, 15) is 14.4 Å². The third kappa shape index (κ3) is 9.47. The van der Waals surface area contributed by atoms with Crippen LogP contribution in [0.5, 0.6) is 0 Å². The molecule has 0 fully saturated rings. The summed E-state index contributed by atoms with van der Waals surface area (Å²) in [5.74, 6) is 0.851. The number of rotatable bonds is 6. The minimum atomic E-state index is -1.07. The number of terminal acetylenes is 1. The van der Waals surface area contributed by atoms with Crippen molar-refractivity contribution in [2.75, 3.05) is 5.32 Å². The Labute approximate surface area is 176 Å². The second kappa shape index (κ2) is 10.9. The predicted molar refractivity (Wildman–Crippen MR) is 94.1 cm³/mol. The van der Waals surface area contributed by atoms with Crippen LogP contribution in [0.15, 0.2) is 24.3 Å². The van der Waals surface area contributed by atoms with Gasteiger partial charge < -0.3 is 21.9 Å². The molecule has 0 saturated heterocycles. The van der Waals surface area contributed by atoms with Crippen molar-refractivity contribution >= 4 is 23.7 Å². The third-order valence-corrected chi connectivity index (χ3v) is 2.97. The number of amides is 2. The molecule has 2 amide bonds. The molecule has 1 atom stereocenters. The summed E-state index contributed by atoms with van der Waals surface area (Å²) in [4.78, 5) is 35.0. The number of aliphatic carboxylic acids is 1. The Morgan fingerprint density at radius 2 is 1.85 bits per heavy atom. The van der Waals surface area contributed by atoms with Gasteiger partial charge in [-0.05, 0) is 51.5 Å². The van der Waals surface area contributed by atoms with Gasteiger partial charge in [0.15, 0.2) is 0 Å². The van der Waals surface area contributed by atoms with E-state index in [1.165, 1.54) is 0 Å². The SMILES string of the molecule is C#Cc1ccc(NC(=O)C(CCC(=O)O)NC(=O)OC(C)(C)C)cc1.[H-].[Na+]. The van der Waals surface area contributed by atoms with Crippen molar-refractivity contribution in [1.82, 2.24) is 5.32 Å². The maximum atomic E-state index is 12.4. The standard InChI is InChI=1S/C18H22N2O5.Na.H/c1-5-12-6-8-13(9-7-12)19-16(23)14(10-11-15(21)22)20-17(24)25-18(2,3)4;;/h1,6-9,14H,10-11H2,2-4H3,(H,19,23)(H,20,24)(H,21,22);;/q;+1;-1. The number of ether oxygens (including phenoxy) is 1. The maximum absolute atomic E-state index is 12.4. The molecule has 1 aromatic rings. The molecule has 26 heavy (non-hydrogen) atoms. The summed E-state index contributed by atoms with van der Waals surface area (Å²) >= 11 is 0. The van der Waals surface area contributed by atoms with Gasteiger partial charge in [-0.25, -0.2) is 4.79 Å². The quantitative estimate of drug-likeness (QED) is 0.462. The summed E-state index contributed by atoms with van der Waals surface area (Å²) in [5.41, 5.74) is 0.408. The number of hydrogen-bond acceptors (Lipinski definition) is 4. The van der Waals surface area contributed by atoms with E-state index < -0.39 is 29.6 Å². The van der Waals surface area contributed by atoms with E-state index in [2.05, 4.69) is 16.6 Å². The van der Waals surface area contributed by atoms with Crippen LogP contribution in [0.2, 0.25) is 0 Å². The topological polar surface area (TPSA) is 105 Å². The maximum Gasteiger partial charge on any atom is 1.00 e. The zero-order chi connectivity index (χ0) is 19.0. The largest absolute Gasteiger partial charge is 1.00 e. The predicted octanol–water partition coefficient (Wildman–Crippen LogP) is -0.519. The summed E-state index contributed by atoms with van der Waals surface area (Å²) in [5, 5.41) is 13.8. The van der Waals surface area contributed by atoms with Crippen LogP contribution in [0.25, 0.3) is 0 Å². The summed E-state index contributed by atoms with van der Waals surface area (Å²) in [7, 11) is 0. The second-order valence-electron chi connectivity index (χ2n) is 6.34. The van der Waals surface area contributed by atoms with Crippen molar-refractivity contribution < 1.29 is 55.2 Å². The van der Waals surface area contributed by atoms with Crippen LogP contribution in [-0.4, -0.2) is 34.7 Å². The molecular formula is C18H23N2NaO5. The molecule has 0 aliphatic heterocycles. The Hall–Kier alpha value is -2.01. The van der Waals surface area contributed by atoms with Gasteiger partial charge in [-0.3, -0.25) is 9.59 Å². The van der Waals surface area contributed by atoms with E-state index in [-0.39, 0.29) is 43.8 Å². The van der Waals surface area contributed by atoms with E-state index in [0.29, 0.717) is 11.3 Å². The van der Waals surface area contributed by atoms with Gasteiger partial charge in [-0.2, -0.15) is 0 Å². The Balaban J connectivity index is 0. The molecule has 1 rings (SSSR count). The fourth-order valence-corrected chi connectivity index (χ4v) is 1.87. The van der Waals surface area contributed by atoms with Crippen LogP contribution < -0.4 is 40.2 Å². The molecule has 8 heteroatoms. The molecule has 0 aliphatic carbocycles. The molecule has 7 nitrogen and oxygen atoms in total. The minimum absolute atomic E-state index is 0.